The maximum absolute atomic E-state index is 13.8. The third kappa shape index (κ3) is 4.12. The second-order valence-electron chi connectivity index (χ2n) is 5.28. The fraction of sp³-hybridized carbons (Fsp3) is 0.462. The number of hydrogen-bond acceptors (Lipinski definition) is 4. The number of likely N-dealkylation sites (tertiary alicyclic amines) is 1. The number of nitro groups is 1. The Hall–Kier alpha value is -1.94. The third-order valence-corrected chi connectivity index (χ3v) is 3.81. The summed E-state index contributed by atoms with van der Waals surface area (Å²) in [4.78, 5) is 22.1. The van der Waals surface area contributed by atoms with Gasteiger partial charge < -0.3 is 5.11 Å². The van der Waals surface area contributed by atoms with Crippen LogP contribution in [0.5, 0.6) is 0 Å². The summed E-state index contributed by atoms with van der Waals surface area (Å²) in [5, 5.41) is 19.8. The standard InChI is InChI=1S/C13H12F4N2O4.ClH/c14-10-2-1-3-11(19(22)23)8(10)5-18-4-7(12(20)21)9(6-18)13(15,16)17;/h1-3,7,9H,4-6H2,(H,20,21);1H/t7-,9-;/m1./s1. The van der Waals surface area contributed by atoms with Gasteiger partial charge in [0.15, 0.2) is 0 Å². The van der Waals surface area contributed by atoms with Crippen molar-refractivity contribution < 1.29 is 32.4 Å². The number of hydrogen-bond donors (Lipinski definition) is 1. The zero-order chi connectivity index (χ0) is 17.4. The summed E-state index contributed by atoms with van der Waals surface area (Å²) in [6.45, 7) is -1.56. The van der Waals surface area contributed by atoms with Crippen LogP contribution in [0, 0.1) is 27.8 Å². The average Bonchev–Trinajstić information content (AvgIpc) is 2.85. The van der Waals surface area contributed by atoms with E-state index >= 15 is 0 Å². The molecule has 0 bridgehead atoms. The van der Waals surface area contributed by atoms with E-state index in [2.05, 4.69) is 0 Å². The molecule has 11 heteroatoms. The summed E-state index contributed by atoms with van der Waals surface area (Å²) in [7, 11) is 0. The van der Waals surface area contributed by atoms with Gasteiger partial charge in [0.2, 0.25) is 0 Å². The second kappa shape index (κ2) is 7.31. The highest BCUT2D eigenvalue weighted by atomic mass is 35.5. The first kappa shape index (κ1) is 20.1. The SMILES string of the molecule is Cl.O=C(O)[C@@H]1CN(Cc2c(F)cccc2[N+](=O)[O-])C[C@H]1C(F)(F)F. The summed E-state index contributed by atoms with van der Waals surface area (Å²) < 4.78 is 52.5. The molecule has 0 spiro atoms. The minimum absolute atomic E-state index is 0. The molecule has 1 aliphatic rings. The third-order valence-electron chi connectivity index (χ3n) is 3.81. The number of alkyl halides is 3. The lowest BCUT2D eigenvalue weighted by molar-refractivity contribution is -0.385. The van der Waals surface area contributed by atoms with E-state index in [0.717, 1.165) is 23.1 Å². The van der Waals surface area contributed by atoms with Crippen molar-refractivity contribution in [3.63, 3.8) is 0 Å². The molecule has 0 aromatic heterocycles. The molecule has 1 aromatic rings. The Balaban J connectivity index is 0.00000288. The lowest BCUT2D eigenvalue weighted by Crippen LogP contribution is -2.33. The highest BCUT2D eigenvalue weighted by Crippen LogP contribution is 2.38. The number of benzene rings is 1. The molecule has 0 saturated carbocycles. The van der Waals surface area contributed by atoms with Crippen molar-refractivity contribution in [3.8, 4) is 0 Å². The molecule has 0 amide bonds. The molecule has 1 saturated heterocycles. The number of carbonyl (C=O) groups is 1. The number of rotatable bonds is 4. The van der Waals surface area contributed by atoms with Gasteiger partial charge in [-0.1, -0.05) is 6.07 Å². The van der Waals surface area contributed by atoms with Crippen molar-refractivity contribution in [2.75, 3.05) is 13.1 Å². The zero-order valence-corrected chi connectivity index (χ0v) is 12.8. The van der Waals surface area contributed by atoms with Gasteiger partial charge in [0.05, 0.1) is 22.3 Å². The minimum Gasteiger partial charge on any atom is -0.481 e. The molecular formula is C13H13ClF4N2O4. The van der Waals surface area contributed by atoms with Crippen molar-refractivity contribution in [3.05, 3.63) is 39.7 Å². The summed E-state index contributed by atoms with van der Waals surface area (Å²) in [6.07, 6.45) is -4.71. The summed E-state index contributed by atoms with van der Waals surface area (Å²) in [6, 6.07) is 3.14. The van der Waals surface area contributed by atoms with E-state index in [1.165, 1.54) is 0 Å². The van der Waals surface area contributed by atoms with Crippen LogP contribution in [0.2, 0.25) is 0 Å². The molecule has 1 aliphatic heterocycles. The molecule has 1 aromatic carbocycles. The van der Waals surface area contributed by atoms with Crippen LogP contribution in [0.15, 0.2) is 18.2 Å². The predicted molar refractivity (Wildman–Crippen MR) is 76.3 cm³/mol. The topological polar surface area (TPSA) is 83.7 Å². The van der Waals surface area contributed by atoms with Crippen LogP contribution in [-0.2, 0) is 11.3 Å². The number of carboxylic acids is 1. The maximum atomic E-state index is 13.8. The van der Waals surface area contributed by atoms with Crippen molar-refractivity contribution >= 4 is 24.1 Å². The molecule has 6 nitrogen and oxygen atoms in total. The van der Waals surface area contributed by atoms with Crippen LogP contribution in [0.4, 0.5) is 23.2 Å². The number of halogens is 5. The Labute approximate surface area is 139 Å². The molecule has 2 rings (SSSR count). The Morgan fingerprint density at radius 2 is 2.00 bits per heavy atom. The molecule has 1 heterocycles. The van der Waals surface area contributed by atoms with Crippen LogP contribution >= 0.6 is 12.4 Å². The lowest BCUT2D eigenvalue weighted by atomic mass is 9.96. The van der Waals surface area contributed by atoms with Gasteiger partial charge in [0, 0.05) is 25.7 Å². The number of aliphatic carboxylic acids is 1. The van der Waals surface area contributed by atoms with E-state index in [-0.39, 0.29) is 18.0 Å². The summed E-state index contributed by atoms with van der Waals surface area (Å²) >= 11 is 0. The van der Waals surface area contributed by atoms with Crippen LogP contribution in [0.25, 0.3) is 0 Å². The normalized spacial score (nSPS) is 21.3. The first-order valence-electron chi connectivity index (χ1n) is 6.55. The van der Waals surface area contributed by atoms with Gasteiger partial charge in [-0.3, -0.25) is 19.8 Å². The number of nitro benzene ring substituents is 1. The molecule has 0 unspecified atom stereocenters. The van der Waals surface area contributed by atoms with Gasteiger partial charge in [-0.15, -0.1) is 12.4 Å². The molecule has 24 heavy (non-hydrogen) atoms. The fourth-order valence-electron chi connectivity index (χ4n) is 2.69. The maximum Gasteiger partial charge on any atom is 0.393 e. The summed E-state index contributed by atoms with van der Waals surface area (Å²) in [5.74, 6) is -6.29. The number of carboxylic acid groups (broad SMARTS) is 1. The largest absolute Gasteiger partial charge is 0.481 e. The molecule has 1 N–H and O–H groups in total. The highest BCUT2D eigenvalue weighted by molar-refractivity contribution is 5.85. The first-order valence-corrected chi connectivity index (χ1v) is 6.55. The molecule has 0 radical (unpaired) electrons. The minimum atomic E-state index is -4.71. The van der Waals surface area contributed by atoms with E-state index in [1.54, 1.807) is 0 Å². The Morgan fingerprint density at radius 3 is 2.46 bits per heavy atom. The van der Waals surface area contributed by atoms with E-state index in [0.29, 0.717) is 0 Å². The average molecular weight is 373 g/mol. The lowest BCUT2D eigenvalue weighted by Gasteiger charge is -2.18. The van der Waals surface area contributed by atoms with E-state index in [9.17, 15) is 32.5 Å². The van der Waals surface area contributed by atoms with Gasteiger partial charge in [0.25, 0.3) is 5.69 Å². The molecule has 0 aliphatic carbocycles. The van der Waals surface area contributed by atoms with Gasteiger partial charge >= 0.3 is 12.1 Å². The van der Waals surface area contributed by atoms with Crippen molar-refractivity contribution in [2.24, 2.45) is 11.8 Å². The van der Waals surface area contributed by atoms with Crippen LogP contribution in [-0.4, -0.2) is 40.2 Å². The van der Waals surface area contributed by atoms with Gasteiger partial charge in [0.1, 0.15) is 5.82 Å². The summed E-state index contributed by atoms with van der Waals surface area (Å²) in [5.41, 5.74) is -0.906. The van der Waals surface area contributed by atoms with Crippen molar-refractivity contribution in [1.29, 1.82) is 0 Å². The first-order chi connectivity index (χ1) is 10.6. The Bertz CT molecular complexity index is 641. The van der Waals surface area contributed by atoms with Crippen molar-refractivity contribution in [2.45, 2.75) is 12.7 Å². The number of nitrogens with zero attached hydrogens (tertiary/aromatic N) is 2. The van der Waals surface area contributed by atoms with Gasteiger partial charge in [-0.05, 0) is 6.07 Å². The Kier molecular flexibility index (Phi) is 6.12. The quantitative estimate of drug-likeness (QED) is 0.499. The van der Waals surface area contributed by atoms with Crippen LogP contribution in [0.3, 0.4) is 0 Å². The van der Waals surface area contributed by atoms with Gasteiger partial charge in [-0.25, -0.2) is 4.39 Å². The fourth-order valence-corrected chi connectivity index (χ4v) is 2.69. The molecule has 1 fully saturated rings. The zero-order valence-electron chi connectivity index (χ0n) is 12.0. The van der Waals surface area contributed by atoms with Crippen molar-refractivity contribution in [1.82, 2.24) is 4.90 Å². The second-order valence-corrected chi connectivity index (χ2v) is 5.28. The van der Waals surface area contributed by atoms with E-state index < -0.39 is 60.0 Å². The van der Waals surface area contributed by atoms with Crippen LogP contribution in [0.1, 0.15) is 5.56 Å². The van der Waals surface area contributed by atoms with E-state index in [1.807, 2.05) is 0 Å². The van der Waals surface area contributed by atoms with E-state index in [4.69, 9.17) is 5.11 Å². The molecular weight excluding hydrogens is 360 g/mol. The predicted octanol–water partition coefficient (Wildman–Crippen LogP) is 2.85. The Morgan fingerprint density at radius 1 is 1.38 bits per heavy atom. The van der Waals surface area contributed by atoms with Crippen LogP contribution < -0.4 is 0 Å². The molecule has 2 atom stereocenters. The monoisotopic (exact) mass is 372 g/mol. The van der Waals surface area contributed by atoms with Gasteiger partial charge in [-0.2, -0.15) is 13.2 Å². The smallest absolute Gasteiger partial charge is 0.393 e. The highest BCUT2D eigenvalue weighted by Gasteiger charge is 2.52. The molecule has 134 valence electrons.